The smallest absolute Gasteiger partial charge is 0.137 e. The zero-order chi connectivity index (χ0) is 12.3. The Bertz CT molecular complexity index is 238. The fraction of sp³-hybridized carbons (Fsp3) is 0.929. The first kappa shape index (κ1) is 13.7. The van der Waals surface area contributed by atoms with E-state index in [0.29, 0.717) is 24.0 Å². The molecule has 1 fully saturated rings. The Morgan fingerprint density at radius 1 is 1.31 bits per heavy atom. The van der Waals surface area contributed by atoms with E-state index >= 15 is 0 Å². The number of Topliss-reactive ketones (excluding diaryl/α,β-unsaturated/α-hetero) is 1. The van der Waals surface area contributed by atoms with Crippen molar-refractivity contribution in [2.24, 2.45) is 23.2 Å². The summed E-state index contributed by atoms with van der Waals surface area (Å²) >= 11 is 0. The highest BCUT2D eigenvalue weighted by Gasteiger charge is 2.38. The third-order valence-corrected chi connectivity index (χ3v) is 3.57. The third-order valence-electron chi connectivity index (χ3n) is 3.57. The molecule has 94 valence electrons. The zero-order valence-corrected chi connectivity index (χ0v) is 11.4. The summed E-state index contributed by atoms with van der Waals surface area (Å²) in [7, 11) is 1.73. The number of methoxy groups -OCH3 is 1. The monoisotopic (exact) mass is 226 g/mol. The van der Waals surface area contributed by atoms with Crippen molar-refractivity contribution in [1.82, 2.24) is 0 Å². The highest BCUT2D eigenvalue weighted by Crippen LogP contribution is 2.39. The molecule has 16 heavy (non-hydrogen) atoms. The second-order valence-electron chi connectivity index (χ2n) is 6.50. The summed E-state index contributed by atoms with van der Waals surface area (Å²) in [6, 6.07) is 0. The highest BCUT2D eigenvalue weighted by atomic mass is 16.5. The van der Waals surface area contributed by atoms with Crippen molar-refractivity contribution in [3.05, 3.63) is 0 Å². The van der Waals surface area contributed by atoms with Gasteiger partial charge in [-0.3, -0.25) is 4.79 Å². The van der Waals surface area contributed by atoms with E-state index in [1.54, 1.807) is 7.11 Å². The molecule has 0 spiro atoms. The second-order valence-corrected chi connectivity index (χ2v) is 6.50. The van der Waals surface area contributed by atoms with Crippen molar-refractivity contribution in [2.45, 2.75) is 47.0 Å². The number of ether oxygens (including phenoxy) is 1. The largest absolute Gasteiger partial charge is 0.384 e. The first-order valence-corrected chi connectivity index (χ1v) is 6.37. The topological polar surface area (TPSA) is 26.3 Å². The Labute approximate surface area is 99.8 Å². The van der Waals surface area contributed by atoms with Crippen LogP contribution in [0.5, 0.6) is 0 Å². The summed E-state index contributed by atoms with van der Waals surface area (Å²) in [5, 5.41) is 0. The number of carbonyl (C=O) groups is 1. The summed E-state index contributed by atoms with van der Waals surface area (Å²) in [5.74, 6) is 1.67. The Morgan fingerprint density at radius 2 is 1.94 bits per heavy atom. The van der Waals surface area contributed by atoms with Gasteiger partial charge in [0.2, 0.25) is 0 Å². The lowest BCUT2D eigenvalue weighted by molar-refractivity contribution is -0.127. The van der Waals surface area contributed by atoms with Crippen LogP contribution < -0.4 is 0 Å². The Kier molecular flexibility index (Phi) is 4.54. The van der Waals surface area contributed by atoms with Gasteiger partial charge >= 0.3 is 0 Å². The van der Waals surface area contributed by atoms with Crippen LogP contribution >= 0.6 is 0 Å². The van der Waals surface area contributed by atoms with Crippen molar-refractivity contribution in [3.8, 4) is 0 Å². The normalized spacial score (nSPS) is 30.7. The van der Waals surface area contributed by atoms with Gasteiger partial charge in [0.25, 0.3) is 0 Å². The van der Waals surface area contributed by atoms with Crippen molar-refractivity contribution < 1.29 is 9.53 Å². The number of rotatable bonds is 4. The molecule has 0 aromatic rings. The van der Waals surface area contributed by atoms with E-state index in [9.17, 15) is 4.79 Å². The maximum Gasteiger partial charge on any atom is 0.137 e. The minimum absolute atomic E-state index is 0.108. The predicted molar refractivity (Wildman–Crippen MR) is 66.3 cm³/mol. The van der Waals surface area contributed by atoms with Gasteiger partial charge in [0.1, 0.15) is 5.78 Å². The highest BCUT2D eigenvalue weighted by molar-refractivity contribution is 5.82. The molecule has 0 radical (unpaired) electrons. The van der Waals surface area contributed by atoms with Crippen LogP contribution in [0.1, 0.15) is 47.0 Å². The summed E-state index contributed by atoms with van der Waals surface area (Å²) in [4.78, 5) is 12.3. The molecule has 1 rings (SSSR count). The average Bonchev–Trinajstić information content (AvgIpc) is 2.44. The molecule has 0 heterocycles. The van der Waals surface area contributed by atoms with Crippen LogP contribution in [0.4, 0.5) is 0 Å². The maximum atomic E-state index is 12.3. The molecule has 0 aromatic heterocycles. The molecular formula is C14H26O2. The molecular weight excluding hydrogens is 200 g/mol. The fourth-order valence-electron chi connectivity index (χ4n) is 2.92. The number of hydrogen-bond acceptors (Lipinski definition) is 2. The summed E-state index contributed by atoms with van der Waals surface area (Å²) < 4.78 is 5.23. The fourth-order valence-corrected chi connectivity index (χ4v) is 2.92. The summed E-state index contributed by atoms with van der Waals surface area (Å²) in [5.41, 5.74) is 0.108. The molecule has 0 N–H and O–H groups in total. The molecule has 2 heteroatoms. The molecule has 0 saturated heterocycles. The van der Waals surface area contributed by atoms with Crippen molar-refractivity contribution in [2.75, 3.05) is 13.7 Å². The van der Waals surface area contributed by atoms with E-state index in [-0.39, 0.29) is 11.3 Å². The van der Waals surface area contributed by atoms with Crippen molar-refractivity contribution in [3.63, 3.8) is 0 Å². The van der Waals surface area contributed by atoms with Crippen molar-refractivity contribution >= 4 is 5.78 Å². The molecule has 1 aliphatic carbocycles. The molecule has 3 atom stereocenters. The van der Waals surface area contributed by atoms with E-state index < -0.39 is 0 Å². The Morgan fingerprint density at radius 3 is 2.44 bits per heavy atom. The maximum absolute atomic E-state index is 12.3. The lowest BCUT2D eigenvalue weighted by Crippen LogP contribution is -2.29. The minimum Gasteiger partial charge on any atom is -0.384 e. The predicted octanol–water partition coefficient (Wildman–Crippen LogP) is 3.30. The van der Waals surface area contributed by atoms with Gasteiger partial charge in [-0.15, -0.1) is 0 Å². The van der Waals surface area contributed by atoms with Gasteiger partial charge in [-0.2, -0.15) is 0 Å². The first-order chi connectivity index (χ1) is 7.35. The minimum atomic E-state index is 0.108. The van der Waals surface area contributed by atoms with Crippen LogP contribution in [0.2, 0.25) is 0 Å². The van der Waals surface area contributed by atoms with Crippen LogP contribution in [0.25, 0.3) is 0 Å². The van der Waals surface area contributed by atoms with Gasteiger partial charge in [0.15, 0.2) is 0 Å². The molecule has 3 unspecified atom stereocenters. The van der Waals surface area contributed by atoms with Crippen LogP contribution in [-0.4, -0.2) is 19.5 Å². The quantitative estimate of drug-likeness (QED) is 0.735. The molecule has 0 aromatic carbocycles. The van der Waals surface area contributed by atoms with E-state index in [1.807, 2.05) is 0 Å². The van der Waals surface area contributed by atoms with Gasteiger partial charge in [0.05, 0.1) is 0 Å². The number of carbonyl (C=O) groups excluding carboxylic acids is 1. The van der Waals surface area contributed by atoms with Gasteiger partial charge in [-0.1, -0.05) is 27.7 Å². The number of hydrogen-bond donors (Lipinski definition) is 0. The average molecular weight is 226 g/mol. The molecule has 0 bridgehead atoms. The van der Waals surface area contributed by atoms with Crippen LogP contribution in [-0.2, 0) is 9.53 Å². The van der Waals surface area contributed by atoms with E-state index in [0.717, 1.165) is 13.0 Å². The van der Waals surface area contributed by atoms with Gasteiger partial charge in [-0.25, -0.2) is 0 Å². The molecule has 1 aliphatic rings. The molecule has 2 nitrogen and oxygen atoms in total. The van der Waals surface area contributed by atoms with E-state index in [2.05, 4.69) is 27.7 Å². The SMILES string of the molecule is COCC1CCC(C)C1C(=O)CC(C)(C)C. The third kappa shape index (κ3) is 3.58. The summed E-state index contributed by atoms with van der Waals surface area (Å²) in [6.45, 7) is 9.35. The Balaban J connectivity index is 2.64. The van der Waals surface area contributed by atoms with E-state index in [4.69, 9.17) is 4.74 Å². The summed E-state index contributed by atoms with van der Waals surface area (Å²) in [6.07, 6.45) is 3.02. The van der Waals surface area contributed by atoms with Crippen LogP contribution in [0.15, 0.2) is 0 Å². The van der Waals surface area contributed by atoms with E-state index in [1.165, 1.54) is 6.42 Å². The van der Waals surface area contributed by atoms with Gasteiger partial charge in [0, 0.05) is 26.1 Å². The Hall–Kier alpha value is -0.370. The standard InChI is InChI=1S/C14H26O2/c1-10-6-7-11(9-16-5)13(10)12(15)8-14(2,3)4/h10-11,13H,6-9H2,1-5H3. The lowest BCUT2D eigenvalue weighted by atomic mass is 9.79. The molecule has 0 aliphatic heterocycles. The molecule has 0 amide bonds. The second kappa shape index (κ2) is 5.31. The zero-order valence-electron chi connectivity index (χ0n) is 11.4. The molecule has 1 saturated carbocycles. The van der Waals surface area contributed by atoms with Crippen LogP contribution in [0.3, 0.4) is 0 Å². The lowest BCUT2D eigenvalue weighted by Gasteiger charge is -2.25. The number of ketones is 1. The first-order valence-electron chi connectivity index (χ1n) is 6.37. The van der Waals surface area contributed by atoms with Gasteiger partial charge in [-0.05, 0) is 30.1 Å². The van der Waals surface area contributed by atoms with Crippen LogP contribution in [0, 0.1) is 23.2 Å². The van der Waals surface area contributed by atoms with Crippen molar-refractivity contribution in [1.29, 1.82) is 0 Å². The van der Waals surface area contributed by atoms with Gasteiger partial charge < -0.3 is 4.74 Å².